The Bertz CT molecular complexity index is 647. The van der Waals surface area contributed by atoms with Crippen molar-refractivity contribution in [2.45, 2.75) is 6.92 Å². The van der Waals surface area contributed by atoms with E-state index in [1.807, 2.05) is 19.1 Å². The highest BCUT2D eigenvalue weighted by molar-refractivity contribution is 9.10. The van der Waals surface area contributed by atoms with E-state index in [1.54, 1.807) is 31.6 Å². The van der Waals surface area contributed by atoms with Crippen LogP contribution in [0.3, 0.4) is 0 Å². The van der Waals surface area contributed by atoms with Gasteiger partial charge in [-0.15, -0.1) is 0 Å². The molecule has 1 heterocycles. The molecule has 21 heavy (non-hydrogen) atoms. The van der Waals surface area contributed by atoms with Crippen LogP contribution in [0.4, 0.5) is 11.4 Å². The van der Waals surface area contributed by atoms with E-state index in [0.29, 0.717) is 17.0 Å². The van der Waals surface area contributed by atoms with Crippen molar-refractivity contribution in [2.75, 3.05) is 24.3 Å². The molecule has 0 bridgehead atoms. The van der Waals surface area contributed by atoms with E-state index in [2.05, 4.69) is 31.5 Å². The summed E-state index contributed by atoms with van der Waals surface area (Å²) in [7, 11) is 1.58. The number of nitrogens with one attached hydrogen (secondary N) is 2. The van der Waals surface area contributed by atoms with Gasteiger partial charge in [-0.2, -0.15) is 0 Å². The highest BCUT2D eigenvalue weighted by atomic mass is 79.9. The first kappa shape index (κ1) is 15.3. The number of hydrogen-bond donors (Lipinski definition) is 2. The van der Waals surface area contributed by atoms with Crippen molar-refractivity contribution in [3.05, 3.63) is 46.7 Å². The molecule has 2 rings (SSSR count). The molecule has 0 aliphatic carbocycles. The molecule has 0 aliphatic rings. The Labute approximate surface area is 131 Å². The molecule has 0 fully saturated rings. The maximum absolute atomic E-state index is 12.4. The summed E-state index contributed by atoms with van der Waals surface area (Å²) < 4.78 is 5.95. The zero-order valence-electron chi connectivity index (χ0n) is 11.8. The smallest absolute Gasteiger partial charge is 0.259 e. The summed E-state index contributed by atoms with van der Waals surface area (Å²) in [5, 5.41) is 6.00. The van der Waals surface area contributed by atoms with Crippen molar-refractivity contribution in [2.24, 2.45) is 0 Å². The Balaban J connectivity index is 2.26. The molecule has 2 aromatic rings. The molecular weight excluding hydrogens is 334 g/mol. The predicted molar refractivity (Wildman–Crippen MR) is 87.0 cm³/mol. The van der Waals surface area contributed by atoms with Gasteiger partial charge >= 0.3 is 0 Å². The molecule has 1 aromatic carbocycles. The molecule has 5 nitrogen and oxygen atoms in total. The van der Waals surface area contributed by atoms with Gasteiger partial charge in [-0.05, 0) is 41.1 Å². The van der Waals surface area contributed by atoms with Gasteiger partial charge in [-0.1, -0.05) is 0 Å². The second kappa shape index (κ2) is 7.08. The first-order chi connectivity index (χ1) is 10.2. The van der Waals surface area contributed by atoms with E-state index >= 15 is 0 Å². The summed E-state index contributed by atoms with van der Waals surface area (Å²) in [6.45, 7) is 2.70. The number of anilines is 2. The van der Waals surface area contributed by atoms with E-state index in [-0.39, 0.29) is 5.91 Å². The zero-order valence-corrected chi connectivity index (χ0v) is 13.4. The maximum atomic E-state index is 12.4. The minimum atomic E-state index is -0.229. The van der Waals surface area contributed by atoms with E-state index in [9.17, 15) is 4.79 Å². The number of carbonyl (C=O) groups is 1. The third kappa shape index (κ3) is 3.72. The maximum Gasteiger partial charge on any atom is 0.259 e. The zero-order chi connectivity index (χ0) is 15.2. The van der Waals surface area contributed by atoms with Crippen LogP contribution in [-0.2, 0) is 0 Å². The van der Waals surface area contributed by atoms with E-state index in [4.69, 9.17) is 4.74 Å². The minimum absolute atomic E-state index is 0.229. The van der Waals surface area contributed by atoms with Crippen molar-refractivity contribution in [3.8, 4) is 5.75 Å². The predicted octanol–water partition coefficient (Wildman–Crippen LogP) is 3.54. The number of rotatable bonds is 5. The second-order valence-electron chi connectivity index (χ2n) is 4.25. The van der Waals surface area contributed by atoms with Gasteiger partial charge < -0.3 is 15.4 Å². The highest BCUT2D eigenvalue weighted by Gasteiger charge is 2.13. The molecule has 1 aromatic heterocycles. The van der Waals surface area contributed by atoms with Crippen molar-refractivity contribution < 1.29 is 9.53 Å². The fourth-order valence-electron chi connectivity index (χ4n) is 1.84. The van der Waals surface area contributed by atoms with E-state index in [1.165, 1.54) is 0 Å². The monoisotopic (exact) mass is 349 g/mol. The lowest BCUT2D eigenvalue weighted by Crippen LogP contribution is -2.15. The summed E-state index contributed by atoms with van der Waals surface area (Å²) in [6.07, 6.45) is 3.19. The van der Waals surface area contributed by atoms with Crippen LogP contribution in [0.1, 0.15) is 17.3 Å². The molecule has 0 atom stereocenters. The Morgan fingerprint density at radius 3 is 2.86 bits per heavy atom. The summed E-state index contributed by atoms with van der Waals surface area (Å²) in [6, 6.07) is 7.17. The van der Waals surface area contributed by atoms with Crippen LogP contribution >= 0.6 is 15.9 Å². The van der Waals surface area contributed by atoms with Crippen molar-refractivity contribution in [1.82, 2.24) is 4.98 Å². The topological polar surface area (TPSA) is 63.2 Å². The highest BCUT2D eigenvalue weighted by Crippen LogP contribution is 2.28. The Kier molecular flexibility index (Phi) is 5.16. The number of benzene rings is 1. The second-order valence-corrected chi connectivity index (χ2v) is 5.11. The number of carbonyl (C=O) groups excluding carboxylic acids is 1. The summed E-state index contributed by atoms with van der Waals surface area (Å²) in [4.78, 5) is 16.4. The normalized spacial score (nSPS) is 10.0. The number of amides is 1. The van der Waals surface area contributed by atoms with Crippen molar-refractivity contribution >= 4 is 33.2 Å². The molecule has 1 amide bonds. The van der Waals surface area contributed by atoms with Crippen molar-refractivity contribution in [1.29, 1.82) is 0 Å². The van der Waals surface area contributed by atoms with Crippen LogP contribution < -0.4 is 15.4 Å². The Morgan fingerprint density at radius 2 is 2.14 bits per heavy atom. The average molecular weight is 350 g/mol. The van der Waals surface area contributed by atoms with E-state index in [0.717, 1.165) is 16.7 Å². The summed E-state index contributed by atoms with van der Waals surface area (Å²) >= 11 is 3.41. The molecule has 0 radical (unpaired) electrons. The molecule has 6 heteroatoms. The fourth-order valence-corrected chi connectivity index (χ4v) is 2.18. The number of halogens is 1. The standard InChI is InChI=1S/C15H16BrN3O2/c1-3-18-13-6-7-17-9-11(13)15(20)19-14-8-10(21-2)4-5-12(14)16/h4-9H,3H2,1-2H3,(H,17,18)(H,19,20). The SMILES string of the molecule is CCNc1ccncc1C(=O)Nc1cc(OC)ccc1Br. The number of hydrogen-bond acceptors (Lipinski definition) is 4. The van der Waals surface area contributed by atoms with Crippen LogP contribution in [0.25, 0.3) is 0 Å². The van der Waals surface area contributed by atoms with E-state index < -0.39 is 0 Å². The number of ether oxygens (including phenoxy) is 1. The van der Waals surface area contributed by atoms with Crippen LogP contribution in [0.15, 0.2) is 41.1 Å². The Morgan fingerprint density at radius 1 is 1.33 bits per heavy atom. The van der Waals surface area contributed by atoms with Gasteiger partial charge in [0.2, 0.25) is 0 Å². The first-order valence-corrected chi connectivity index (χ1v) is 7.27. The molecule has 2 N–H and O–H groups in total. The van der Waals surface area contributed by atoms with Gasteiger partial charge in [0.15, 0.2) is 0 Å². The van der Waals surface area contributed by atoms with Crippen LogP contribution in [0.5, 0.6) is 5.75 Å². The molecule has 110 valence electrons. The summed E-state index contributed by atoms with van der Waals surface area (Å²) in [5.41, 5.74) is 1.89. The van der Waals surface area contributed by atoms with Gasteiger partial charge in [0.1, 0.15) is 5.75 Å². The van der Waals surface area contributed by atoms with Crippen LogP contribution in [0.2, 0.25) is 0 Å². The quantitative estimate of drug-likeness (QED) is 0.866. The average Bonchev–Trinajstić information content (AvgIpc) is 2.50. The van der Waals surface area contributed by atoms with Crippen molar-refractivity contribution in [3.63, 3.8) is 0 Å². The third-order valence-electron chi connectivity index (χ3n) is 2.85. The number of aromatic nitrogens is 1. The lowest BCUT2D eigenvalue weighted by atomic mass is 10.2. The molecule has 0 spiro atoms. The Hall–Kier alpha value is -2.08. The van der Waals surface area contributed by atoms with Gasteiger partial charge in [0, 0.05) is 29.5 Å². The lowest BCUT2D eigenvalue weighted by Gasteiger charge is -2.12. The number of methoxy groups -OCH3 is 1. The number of pyridine rings is 1. The first-order valence-electron chi connectivity index (χ1n) is 6.48. The molecule has 0 saturated carbocycles. The number of nitrogens with zero attached hydrogens (tertiary/aromatic N) is 1. The summed E-state index contributed by atoms with van der Waals surface area (Å²) in [5.74, 6) is 0.444. The minimum Gasteiger partial charge on any atom is -0.497 e. The largest absolute Gasteiger partial charge is 0.497 e. The van der Waals surface area contributed by atoms with Gasteiger partial charge in [-0.3, -0.25) is 9.78 Å². The third-order valence-corrected chi connectivity index (χ3v) is 3.55. The van der Waals surface area contributed by atoms with Gasteiger partial charge in [0.05, 0.1) is 24.0 Å². The van der Waals surface area contributed by atoms with Crippen LogP contribution in [-0.4, -0.2) is 24.5 Å². The van der Waals surface area contributed by atoms with Gasteiger partial charge in [0.25, 0.3) is 5.91 Å². The molecule has 0 saturated heterocycles. The molecule has 0 aliphatic heterocycles. The molecular formula is C15H16BrN3O2. The molecule has 0 unspecified atom stereocenters. The van der Waals surface area contributed by atoms with Crippen LogP contribution in [0, 0.1) is 0 Å². The fraction of sp³-hybridized carbons (Fsp3) is 0.200. The van der Waals surface area contributed by atoms with Gasteiger partial charge in [-0.25, -0.2) is 0 Å². The lowest BCUT2D eigenvalue weighted by molar-refractivity contribution is 0.102.